The van der Waals surface area contributed by atoms with Gasteiger partial charge in [-0.05, 0) is 24.4 Å². The normalized spacial score (nSPS) is 10.5. The van der Waals surface area contributed by atoms with Crippen molar-refractivity contribution >= 4 is 17.2 Å². The van der Waals surface area contributed by atoms with Crippen LogP contribution in [0.15, 0.2) is 46.3 Å². The molecule has 1 amide bonds. The number of amides is 1. The second-order valence-electron chi connectivity index (χ2n) is 4.54. The molecule has 21 heavy (non-hydrogen) atoms. The monoisotopic (exact) mass is 299 g/mol. The summed E-state index contributed by atoms with van der Waals surface area (Å²) in [6, 6.07) is 11.5. The molecule has 3 aromatic rings. The molecule has 2 aromatic heterocycles. The summed E-state index contributed by atoms with van der Waals surface area (Å²) in [6.07, 6.45) is 0. The van der Waals surface area contributed by atoms with Crippen molar-refractivity contribution in [1.29, 1.82) is 0 Å². The predicted molar refractivity (Wildman–Crippen MR) is 80.0 cm³/mol. The SMILES string of the molecule is Cc1cccc(-c2noc(CNC(=O)c3cccs3)n2)c1. The van der Waals surface area contributed by atoms with Gasteiger partial charge in [-0.15, -0.1) is 11.3 Å². The molecule has 0 aliphatic heterocycles. The van der Waals surface area contributed by atoms with Gasteiger partial charge in [0.15, 0.2) is 0 Å². The Kier molecular flexibility index (Phi) is 3.79. The molecule has 0 radical (unpaired) electrons. The standard InChI is InChI=1S/C15H13N3O2S/c1-10-4-2-5-11(8-10)14-17-13(20-18-14)9-16-15(19)12-6-3-7-21-12/h2-8H,9H2,1H3,(H,16,19). The summed E-state index contributed by atoms with van der Waals surface area (Å²) in [5.74, 6) is 0.774. The zero-order valence-corrected chi connectivity index (χ0v) is 12.2. The lowest BCUT2D eigenvalue weighted by Crippen LogP contribution is -2.21. The number of nitrogens with one attached hydrogen (secondary N) is 1. The molecule has 0 atom stereocenters. The molecule has 0 saturated carbocycles. The molecule has 0 saturated heterocycles. The predicted octanol–water partition coefficient (Wildman–Crippen LogP) is 3.04. The molecule has 3 rings (SSSR count). The van der Waals surface area contributed by atoms with Crippen LogP contribution in [-0.2, 0) is 6.54 Å². The third-order valence-corrected chi connectivity index (χ3v) is 3.76. The molecule has 5 nitrogen and oxygen atoms in total. The van der Waals surface area contributed by atoms with Crippen LogP contribution >= 0.6 is 11.3 Å². The van der Waals surface area contributed by atoms with E-state index >= 15 is 0 Å². The van der Waals surface area contributed by atoms with Crippen LogP contribution in [0, 0.1) is 6.92 Å². The number of thiophene rings is 1. The topological polar surface area (TPSA) is 68.0 Å². The molecule has 2 heterocycles. The van der Waals surface area contributed by atoms with E-state index in [1.165, 1.54) is 11.3 Å². The lowest BCUT2D eigenvalue weighted by atomic mass is 10.1. The fourth-order valence-corrected chi connectivity index (χ4v) is 2.52. The van der Waals surface area contributed by atoms with Gasteiger partial charge >= 0.3 is 0 Å². The Morgan fingerprint density at radius 1 is 1.33 bits per heavy atom. The van der Waals surface area contributed by atoms with Crippen LogP contribution in [0.4, 0.5) is 0 Å². The molecule has 0 fully saturated rings. The van der Waals surface area contributed by atoms with Crippen molar-refractivity contribution in [3.63, 3.8) is 0 Å². The van der Waals surface area contributed by atoms with E-state index in [4.69, 9.17) is 4.52 Å². The average molecular weight is 299 g/mol. The number of aryl methyl sites for hydroxylation is 1. The van der Waals surface area contributed by atoms with E-state index in [-0.39, 0.29) is 12.5 Å². The summed E-state index contributed by atoms with van der Waals surface area (Å²) in [5.41, 5.74) is 2.03. The Morgan fingerprint density at radius 2 is 2.24 bits per heavy atom. The van der Waals surface area contributed by atoms with Gasteiger partial charge in [-0.25, -0.2) is 0 Å². The first-order chi connectivity index (χ1) is 10.2. The van der Waals surface area contributed by atoms with Gasteiger partial charge in [0.05, 0.1) is 11.4 Å². The molecule has 1 aromatic carbocycles. The summed E-state index contributed by atoms with van der Waals surface area (Å²) in [6.45, 7) is 2.22. The van der Waals surface area contributed by atoms with Crippen LogP contribution in [0.25, 0.3) is 11.4 Å². The van der Waals surface area contributed by atoms with E-state index in [1.807, 2.05) is 42.6 Å². The number of hydrogen-bond acceptors (Lipinski definition) is 5. The van der Waals surface area contributed by atoms with E-state index in [1.54, 1.807) is 6.07 Å². The lowest BCUT2D eigenvalue weighted by Gasteiger charge is -1.98. The average Bonchev–Trinajstić information content (AvgIpc) is 3.16. The molecule has 0 unspecified atom stereocenters. The zero-order valence-electron chi connectivity index (χ0n) is 11.4. The molecule has 0 aliphatic carbocycles. The van der Waals surface area contributed by atoms with Gasteiger partial charge in [0.2, 0.25) is 11.7 Å². The molecule has 0 spiro atoms. The third-order valence-electron chi connectivity index (χ3n) is 2.89. The zero-order chi connectivity index (χ0) is 14.7. The van der Waals surface area contributed by atoms with E-state index in [9.17, 15) is 4.79 Å². The highest BCUT2D eigenvalue weighted by Crippen LogP contribution is 2.17. The maximum Gasteiger partial charge on any atom is 0.261 e. The van der Waals surface area contributed by atoms with Gasteiger partial charge in [0.25, 0.3) is 5.91 Å². The Morgan fingerprint density at radius 3 is 3.00 bits per heavy atom. The quantitative estimate of drug-likeness (QED) is 0.804. The Labute approximate surface area is 125 Å². The number of benzene rings is 1. The van der Waals surface area contributed by atoms with Gasteiger partial charge in [-0.1, -0.05) is 35.0 Å². The van der Waals surface area contributed by atoms with Crippen LogP contribution in [0.2, 0.25) is 0 Å². The second-order valence-corrected chi connectivity index (χ2v) is 5.49. The van der Waals surface area contributed by atoms with Crippen LogP contribution in [0.3, 0.4) is 0 Å². The maximum atomic E-state index is 11.8. The molecule has 6 heteroatoms. The first kappa shape index (κ1) is 13.5. The number of rotatable bonds is 4. The summed E-state index contributed by atoms with van der Waals surface area (Å²) in [7, 11) is 0. The summed E-state index contributed by atoms with van der Waals surface area (Å²) in [5, 5.41) is 8.54. The van der Waals surface area contributed by atoms with E-state index < -0.39 is 0 Å². The molecule has 1 N–H and O–H groups in total. The van der Waals surface area contributed by atoms with Crippen molar-refractivity contribution in [3.8, 4) is 11.4 Å². The highest BCUT2D eigenvalue weighted by atomic mass is 32.1. The number of carbonyl (C=O) groups excluding carboxylic acids is 1. The number of nitrogens with zero attached hydrogens (tertiary/aromatic N) is 2. The summed E-state index contributed by atoms with van der Waals surface area (Å²) < 4.78 is 5.15. The highest BCUT2D eigenvalue weighted by Gasteiger charge is 2.11. The Hall–Kier alpha value is -2.47. The van der Waals surface area contributed by atoms with Gasteiger partial charge in [0, 0.05) is 5.56 Å². The van der Waals surface area contributed by atoms with Crippen LogP contribution in [0.5, 0.6) is 0 Å². The van der Waals surface area contributed by atoms with Gasteiger partial charge in [0.1, 0.15) is 0 Å². The van der Waals surface area contributed by atoms with E-state index in [0.29, 0.717) is 16.6 Å². The van der Waals surface area contributed by atoms with Gasteiger partial charge in [-0.2, -0.15) is 4.98 Å². The highest BCUT2D eigenvalue weighted by molar-refractivity contribution is 7.12. The van der Waals surface area contributed by atoms with E-state index in [2.05, 4.69) is 15.5 Å². The number of hydrogen-bond donors (Lipinski definition) is 1. The molecule has 0 bridgehead atoms. The lowest BCUT2D eigenvalue weighted by molar-refractivity contribution is 0.0950. The minimum Gasteiger partial charge on any atom is -0.342 e. The van der Waals surface area contributed by atoms with Crippen molar-refractivity contribution in [2.45, 2.75) is 13.5 Å². The smallest absolute Gasteiger partial charge is 0.261 e. The van der Waals surface area contributed by atoms with Crippen molar-refractivity contribution in [3.05, 3.63) is 58.1 Å². The fraction of sp³-hybridized carbons (Fsp3) is 0.133. The molecular weight excluding hydrogens is 286 g/mol. The van der Waals surface area contributed by atoms with Crippen molar-refractivity contribution in [1.82, 2.24) is 15.5 Å². The Bertz CT molecular complexity index is 750. The van der Waals surface area contributed by atoms with Crippen molar-refractivity contribution in [2.24, 2.45) is 0 Å². The van der Waals surface area contributed by atoms with Gasteiger partial charge < -0.3 is 9.84 Å². The van der Waals surface area contributed by atoms with Gasteiger partial charge in [-0.3, -0.25) is 4.79 Å². The van der Waals surface area contributed by atoms with Crippen LogP contribution < -0.4 is 5.32 Å². The first-order valence-electron chi connectivity index (χ1n) is 6.44. The molecular formula is C15H13N3O2S. The largest absolute Gasteiger partial charge is 0.342 e. The molecule has 0 aliphatic rings. The number of carbonyl (C=O) groups is 1. The van der Waals surface area contributed by atoms with Crippen LogP contribution in [0.1, 0.15) is 21.1 Å². The Balaban J connectivity index is 1.67. The van der Waals surface area contributed by atoms with E-state index in [0.717, 1.165) is 11.1 Å². The van der Waals surface area contributed by atoms with Crippen molar-refractivity contribution < 1.29 is 9.32 Å². The number of aromatic nitrogens is 2. The molecule has 106 valence electrons. The van der Waals surface area contributed by atoms with Crippen molar-refractivity contribution in [2.75, 3.05) is 0 Å². The van der Waals surface area contributed by atoms with Crippen LogP contribution in [-0.4, -0.2) is 16.0 Å². The third kappa shape index (κ3) is 3.17. The fourth-order valence-electron chi connectivity index (χ4n) is 1.88. The minimum absolute atomic E-state index is 0.139. The first-order valence-corrected chi connectivity index (χ1v) is 7.31. The second kappa shape index (κ2) is 5.88. The minimum atomic E-state index is -0.139. The summed E-state index contributed by atoms with van der Waals surface area (Å²) in [4.78, 5) is 16.8. The maximum absolute atomic E-state index is 11.8. The summed E-state index contributed by atoms with van der Waals surface area (Å²) >= 11 is 1.39.